The molecule has 88 valence electrons. The predicted molar refractivity (Wildman–Crippen MR) is 67.5 cm³/mol. The van der Waals surface area contributed by atoms with Crippen molar-refractivity contribution in [2.24, 2.45) is 0 Å². The summed E-state index contributed by atoms with van der Waals surface area (Å²) < 4.78 is 1.34. The standard InChI is InChI=1S/C11H6BClN2O3/c12-11(16)9-2-1-5-14(9)10-6-7(13)3-4-8(10)15(17)18/h1-6H. The van der Waals surface area contributed by atoms with Crippen molar-refractivity contribution < 1.29 is 9.72 Å². The lowest BCUT2D eigenvalue weighted by atomic mass is 9.99. The molecule has 0 fully saturated rings. The van der Waals surface area contributed by atoms with Crippen molar-refractivity contribution in [3.63, 3.8) is 0 Å². The minimum atomic E-state index is -0.672. The molecule has 2 aromatic rings. The summed E-state index contributed by atoms with van der Waals surface area (Å²) in [4.78, 5) is 21.6. The summed E-state index contributed by atoms with van der Waals surface area (Å²) in [5, 5.41) is 11.3. The van der Waals surface area contributed by atoms with Gasteiger partial charge in [-0.1, -0.05) is 11.6 Å². The Bertz CT molecular complexity index is 639. The van der Waals surface area contributed by atoms with Crippen molar-refractivity contribution in [1.82, 2.24) is 4.57 Å². The van der Waals surface area contributed by atoms with Gasteiger partial charge in [0.1, 0.15) is 11.4 Å². The lowest BCUT2D eigenvalue weighted by Gasteiger charge is -2.08. The van der Waals surface area contributed by atoms with Gasteiger partial charge in [0.25, 0.3) is 5.69 Å². The second-order valence-electron chi connectivity index (χ2n) is 3.52. The molecule has 1 heterocycles. The van der Waals surface area contributed by atoms with Gasteiger partial charge in [0.05, 0.1) is 10.6 Å². The molecule has 0 aliphatic rings. The third-order valence-electron chi connectivity index (χ3n) is 2.39. The molecule has 0 atom stereocenters. The van der Waals surface area contributed by atoms with Crippen LogP contribution in [0.25, 0.3) is 5.69 Å². The Kier molecular flexibility index (Phi) is 3.20. The Labute approximate surface area is 109 Å². The van der Waals surface area contributed by atoms with Gasteiger partial charge in [0.2, 0.25) is 0 Å². The molecule has 0 unspecified atom stereocenters. The van der Waals surface area contributed by atoms with Gasteiger partial charge in [-0.05, 0) is 24.3 Å². The summed E-state index contributed by atoms with van der Waals surface area (Å²) >= 11 is 5.82. The SMILES string of the molecule is [B]C(=O)c1cccn1-c1cc(Cl)ccc1[N+](=O)[O-]. The van der Waals surface area contributed by atoms with E-state index in [0.717, 1.165) is 0 Å². The molecule has 7 heteroatoms. The molecule has 0 N–H and O–H groups in total. The van der Waals surface area contributed by atoms with Crippen LogP contribution < -0.4 is 0 Å². The first-order valence-corrected chi connectivity index (χ1v) is 5.30. The third-order valence-corrected chi connectivity index (χ3v) is 2.63. The molecule has 5 nitrogen and oxygen atoms in total. The minimum Gasteiger partial charge on any atom is -0.309 e. The molecule has 1 aromatic heterocycles. The van der Waals surface area contributed by atoms with Crippen molar-refractivity contribution in [1.29, 1.82) is 0 Å². The molecule has 0 aliphatic carbocycles. The Hall–Kier alpha value is -2.08. The highest BCUT2D eigenvalue weighted by Crippen LogP contribution is 2.27. The summed E-state index contributed by atoms with van der Waals surface area (Å²) in [5.41, 5.74) is -0.473. The van der Waals surface area contributed by atoms with Crippen LogP contribution in [0.4, 0.5) is 5.69 Å². The number of carbonyl (C=O) groups is 1. The Morgan fingerprint density at radius 3 is 2.72 bits per heavy atom. The molecular formula is C11H6BClN2O3. The molecule has 2 radical (unpaired) electrons. The van der Waals surface area contributed by atoms with Crippen LogP contribution in [0, 0.1) is 10.1 Å². The molecule has 0 saturated carbocycles. The fraction of sp³-hybridized carbons (Fsp3) is 0. The lowest BCUT2D eigenvalue weighted by molar-refractivity contribution is -0.384. The van der Waals surface area contributed by atoms with Crippen LogP contribution in [0.1, 0.15) is 10.5 Å². The zero-order valence-corrected chi connectivity index (χ0v) is 9.79. The number of benzene rings is 1. The van der Waals surface area contributed by atoms with E-state index in [1.54, 1.807) is 6.07 Å². The summed E-state index contributed by atoms with van der Waals surface area (Å²) in [6, 6.07) is 7.16. The number of aromatic nitrogens is 1. The number of hydrogen-bond acceptors (Lipinski definition) is 3. The van der Waals surface area contributed by atoms with Crippen molar-refractivity contribution in [3.8, 4) is 5.69 Å². The van der Waals surface area contributed by atoms with E-state index in [4.69, 9.17) is 19.4 Å². The molecular weight excluding hydrogens is 254 g/mol. The smallest absolute Gasteiger partial charge is 0.293 e. The summed E-state index contributed by atoms with van der Waals surface area (Å²) in [7, 11) is 5.20. The van der Waals surface area contributed by atoms with Crippen molar-refractivity contribution in [2.75, 3.05) is 0 Å². The molecule has 0 amide bonds. The summed E-state index contributed by atoms with van der Waals surface area (Å²) in [5.74, 6) is 0. The number of nitro groups is 1. The van der Waals surface area contributed by atoms with E-state index in [2.05, 4.69) is 0 Å². The molecule has 0 aliphatic heterocycles. The van der Waals surface area contributed by atoms with Crippen LogP contribution >= 0.6 is 11.6 Å². The number of rotatable bonds is 3. The average molecular weight is 260 g/mol. The van der Waals surface area contributed by atoms with Gasteiger partial charge in [-0.25, -0.2) is 0 Å². The summed E-state index contributed by atoms with van der Waals surface area (Å²) in [6.07, 6.45) is 1.51. The van der Waals surface area contributed by atoms with Crippen LogP contribution in [-0.2, 0) is 0 Å². The second-order valence-corrected chi connectivity index (χ2v) is 3.95. The van der Waals surface area contributed by atoms with E-state index in [1.807, 2.05) is 0 Å². The number of carbonyl (C=O) groups excluding carboxylic acids is 1. The molecule has 1 aromatic carbocycles. The van der Waals surface area contributed by atoms with Gasteiger partial charge in [-0.2, -0.15) is 0 Å². The Morgan fingerprint density at radius 1 is 1.39 bits per heavy atom. The van der Waals surface area contributed by atoms with E-state index in [0.29, 0.717) is 5.02 Å². The largest absolute Gasteiger partial charge is 0.309 e. The number of halogens is 1. The van der Waals surface area contributed by atoms with Crippen LogP contribution in [0.3, 0.4) is 0 Å². The highest BCUT2D eigenvalue weighted by molar-refractivity contribution is 6.62. The summed E-state index contributed by atoms with van der Waals surface area (Å²) in [6.45, 7) is 0. The van der Waals surface area contributed by atoms with Crippen LogP contribution in [0.5, 0.6) is 0 Å². The van der Waals surface area contributed by atoms with Gasteiger partial charge in [0.15, 0.2) is 7.85 Å². The van der Waals surface area contributed by atoms with Crippen molar-refractivity contribution >= 4 is 30.8 Å². The Morgan fingerprint density at radius 2 is 2.11 bits per heavy atom. The van der Waals surface area contributed by atoms with Crippen molar-refractivity contribution in [3.05, 3.63) is 57.4 Å². The fourth-order valence-electron chi connectivity index (χ4n) is 1.64. The number of nitrogens with zero attached hydrogens (tertiary/aromatic N) is 2. The average Bonchev–Trinajstić information content (AvgIpc) is 2.77. The van der Waals surface area contributed by atoms with E-state index < -0.39 is 10.6 Å². The maximum Gasteiger partial charge on any atom is 0.293 e. The van der Waals surface area contributed by atoms with Gasteiger partial charge in [-0.15, -0.1) is 0 Å². The zero-order chi connectivity index (χ0) is 13.3. The minimum absolute atomic E-state index is 0.153. The first kappa shape index (κ1) is 12.4. The molecule has 0 saturated heterocycles. The van der Waals surface area contributed by atoms with Gasteiger partial charge < -0.3 is 9.36 Å². The lowest BCUT2D eigenvalue weighted by Crippen LogP contribution is -2.08. The predicted octanol–water partition coefficient (Wildman–Crippen LogP) is 2.35. The molecule has 0 bridgehead atoms. The second kappa shape index (κ2) is 4.66. The first-order chi connectivity index (χ1) is 8.50. The quantitative estimate of drug-likeness (QED) is 0.483. The fourth-order valence-corrected chi connectivity index (χ4v) is 1.80. The van der Waals surface area contributed by atoms with E-state index in [9.17, 15) is 14.9 Å². The monoisotopic (exact) mass is 260 g/mol. The van der Waals surface area contributed by atoms with Gasteiger partial charge >= 0.3 is 0 Å². The molecule has 2 rings (SSSR count). The molecule has 0 spiro atoms. The van der Waals surface area contributed by atoms with Gasteiger partial charge in [-0.3, -0.25) is 10.1 Å². The third kappa shape index (κ3) is 2.15. The van der Waals surface area contributed by atoms with Crippen molar-refractivity contribution in [2.45, 2.75) is 0 Å². The number of nitro benzene ring substituents is 1. The normalized spacial score (nSPS) is 10.3. The van der Waals surface area contributed by atoms with E-state index in [1.165, 1.54) is 35.0 Å². The van der Waals surface area contributed by atoms with Gasteiger partial charge in [0, 0.05) is 17.3 Å². The number of hydrogen-bond donors (Lipinski definition) is 0. The van der Waals surface area contributed by atoms with E-state index >= 15 is 0 Å². The van der Waals surface area contributed by atoms with E-state index in [-0.39, 0.29) is 17.1 Å². The maximum atomic E-state index is 11.2. The highest BCUT2D eigenvalue weighted by Gasteiger charge is 2.18. The van der Waals surface area contributed by atoms with Crippen LogP contribution in [0.15, 0.2) is 36.5 Å². The zero-order valence-electron chi connectivity index (χ0n) is 9.04. The van der Waals surface area contributed by atoms with Crippen LogP contribution in [-0.4, -0.2) is 23.0 Å². The Balaban J connectivity index is 2.69. The highest BCUT2D eigenvalue weighted by atomic mass is 35.5. The van der Waals surface area contributed by atoms with Crippen LogP contribution in [0.2, 0.25) is 5.02 Å². The first-order valence-electron chi connectivity index (χ1n) is 4.92. The maximum absolute atomic E-state index is 11.2. The molecule has 18 heavy (non-hydrogen) atoms. The topological polar surface area (TPSA) is 65.1 Å².